The molecule has 0 unspecified atom stereocenters. The number of fused-ring (bicyclic) bond motifs is 1. The first-order valence-corrected chi connectivity index (χ1v) is 4.51. The minimum Gasteiger partial charge on any atom is -0.477 e. The van der Waals surface area contributed by atoms with Crippen molar-refractivity contribution >= 4 is 39.1 Å². The third-order valence-electron chi connectivity index (χ3n) is 1.50. The maximum atomic E-state index is 10.7. The van der Waals surface area contributed by atoms with Crippen molar-refractivity contribution in [3.05, 3.63) is 22.4 Å². The van der Waals surface area contributed by atoms with Crippen molar-refractivity contribution in [2.24, 2.45) is 0 Å². The van der Waals surface area contributed by atoms with E-state index in [-0.39, 0.29) is 9.90 Å². The third kappa shape index (κ3) is 1.26. The number of rotatable bonds is 1. The molecule has 4 nitrogen and oxygen atoms in total. The summed E-state index contributed by atoms with van der Waals surface area (Å²) in [5, 5.41) is 9.55. The first-order chi connectivity index (χ1) is 6.20. The van der Waals surface area contributed by atoms with Crippen LogP contribution in [0.2, 0.25) is 5.02 Å². The number of thiophene rings is 1. The summed E-state index contributed by atoms with van der Waals surface area (Å²) < 4.78 is 0. The molecule has 1 N–H and O–H groups in total. The van der Waals surface area contributed by atoms with Crippen LogP contribution in [0.3, 0.4) is 0 Å². The van der Waals surface area contributed by atoms with Gasteiger partial charge in [-0.1, -0.05) is 11.6 Å². The second-order valence-corrected chi connectivity index (χ2v) is 3.67. The number of hydrogen-bond donors (Lipinski definition) is 1. The number of halogens is 1. The van der Waals surface area contributed by atoms with Gasteiger partial charge in [-0.05, 0) is 0 Å². The predicted molar refractivity (Wildman–Crippen MR) is 49.4 cm³/mol. The van der Waals surface area contributed by atoms with E-state index < -0.39 is 5.97 Å². The summed E-state index contributed by atoms with van der Waals surface area (Å²) >= 11 is 6.85. The number of hydrogen-bond acceptors (Lipinski definition) is 4. The lowest BCUT2D eigenvalue weighted by atomic mass is 10.4. The normalized spacial score (nSPS) is 10.5. The Kier molecular flexibility index (Phi) is 1.90. The standard InChI is InChI=1S/C7H3ClN2O2S/c8-4-3-1-9-2-10-6(3)13-5(4)7(11)12/h1-2H,(H,11,12). The van der Waals surface area contributed by atoms with Crippen molar-refractivity contribution < 1.29 is 9.90 Å². The van der Waals surface area contributed by atoms with Gasteiger partial charge in [0.15, 0.2) is 0 Å². The van der Waals surface area contributed by atoms with Gasteiger partial charge in [0.1, 0.15) is 16.0 Å². The Labute approximate surface area is 81.8 Å². The predicted octanol–water partition coefficient (Wildman–Crippen LogP) is 2.04. The Balaban J connectivity index is 2.81. The number of aromatic nitrogens is 2. The molecule has 2 aromatic heterocycles. The van der Waals surface area contributed by atoms with Gasteiger partial charge in [-0.2, -0.15) is 0 Å². The molecular weight excluding hydrogens is 212 g/mol. The first-order valence-electron chi connectivity index (χ1n) is 3.31. The van der Waals surface area contributed by atoms with E-state index in [1.54, 1.807) is 0 Å². The molecule has 0 aliphatic carbocycles. The molecule has 0 bridgehead atoms. The number of carboxylic acids is 1. The molecule has 0 saturated carbocycles. The van der Waals surface area contributed by atoms with Crippen LogP contribution in [0.5, 0.6) is 0 Å². The highest BCUT2D eigenvalue weighted by Gasteiger charge is 2.16. The van der Waals surface area contributed by atoms with Crippen LogP contribution >= 0.6 is 22.9 Å². The summed E-state index contributed by atoms with van der Waals surface area (Å²) in [6.45, 7) is 0. The van der Waals surface area contributed by atoms with Crippen molar-refractivity contribution in [3.8, 4) is 0 Å². The van der Waals surface area contributed by atoms with Gasteiger partial charge in [0.2, 0.25) is 0 Å². The lowest BCUT2D eigenvalue weighted by Gasteiger charge is -1.86. The van der Waals surface area contributed by atoms with E-state index in [9.17, 15) is 4.79 Å². The largest absolute Gasteiger partial charge is 0.477 e. The van der Waals surface area contributed by atoms with Gasteiger partial charge in [-0.15, -0.1) is 11.3 Å². The highest BCUT2D eigenvalue weighted by molar-refractivity contribution is 7.21. The van der Waals surface area contributed by atoms with Crippen LogP contribution in [-0.4, -0.2) is 21.0 Å². The van der Waals surface area contributed by atoms with Crippen LogP contribution in [0.4, 0.5) is 0 Å². The lowest BCUT2D eigenvalue weighted by Crippen LogP contribution is -1.91. The SMILES string of the molecule is O=C(O)c1sc2ncncc2c1Cl. The molecule has 2 aromatic rings. The molecule has 0 radical (unpaired) electrons. The van der Waals surface area contributed by atoms with Crippen LogP contribution in [0, 0.1) is 0 Å². The second-order valence-electron chi connectivity index (χ2n) is 2.29. The van der Waals surface area contributed by atoms with Gasteiger partial charge in [0.25, 0.3) is 0 Å². The molecule has 0 saturated heterocycles. The maximum absolute atomic E-state index is 10.7. The molecule has 0 fully saturated rings. The van der Waals surface area contributed by atoms with E-state index in [2.05, 4.69) is 9.97 Å². The summed E-state index contributed by atoms with van der Waals surface area (Å²) in [5.74, 6) is -1.03. The maximum Gasteiger partial charge on any atom is 0.347 e. The molecule has 0 aliphatic heterocycles. The summed E-state index contributed by atoms with van der Waals surface area (Å²) in [6.07, 6.45) is 2.87. The Morgan fingerprint density at radius 1 is 1.62 bits per heavy atom. The minimum absolute atomic E-state index is 0.108. The van der Waals surface area contributed by atoms with E-state index in [4.69, 9.17) is 16.7 Å². The number of aromatic carboxylic acids is 1. The molecule has 0 atom stereocenters. The zero-order valence-electron chi connectivity index (χ0n) is 6.19. The van der Waals surface area contributed by atoms with Crippen molar-refractivity contribution in [2.75, 3.05) is 0 Å². The van der Waals surface area contributed by atoms with Gasteiger partial charge >= 0.3 is 5.97 Å². The van der Waals surface area contributed by atoms with Crippen molar-refractivity contribution in [1.82, 2.24) is 9.97 Å². The Morgan fingerprint density at radius 3 is 3.00 bits per heavy atom. The van der Waals surface area contributed by atoms with Crippen LogP contribution < -0.4 is 0 Å². The number of carbonyl (C=O) groups is 1. The second kappa shape index (κ2) is 2.93. The van der Waals surface area contributed by atoms with E-state index in [0.717, 1.165) is 11.3 Å². The Hall–Kier alpha value is -1.20. The highest BCUT2D eigenvalue weighted by Crippen LogP contribution is 2.32. The molecule has 2 heterocycles. The van der Waals surface area contributed by atoms with E-state index >= 15 is 0 Å². The van der Waals surface area contributed by atoms with Crippen LogP contribution in [-0.2, 0) is 0 Å². The third-order valence-corrected chi connectivity index (χ3v) is 3.11. The summed E-state index contributed by atoms with van der Waals surface area (Å²) in [7, 11) is 0. The topological polar surface area (TPSA) is 63.1 Å². The fourth-order valence-electron chi connectivity index (χ4n) is 0.952. The molecular formula is C7H3ClN2O2S. The molecule has 0 spiro atoms. The monoisotopic (exact) mass is 214 g/mol. The van der Waals surface area contributed by atoms with Gasteiger partial charge in [0, 0.05) is 11.6 Å². The average molecular weight is 215 g/mol. The van der Waals surface area contributed by atoms with Crippen LogP contribution in [0.1, 0.15) is 9.67 Å². The van der Waals surface area contributed by atoms with Crippen molar-refractivity contribution in [1.29, 1.82) is 0 Å². The molecule has 0 amide bonds. The molecule has 13 heavy (non-hydrogen) atoms. The van der Waals surface area contributed by atoms with Gasteiger partial charge in [0.05, 0.1) is 5.02 Å². The summed E-state index contributed by atoms with van der Waals surface area (Å²) in [6, 6.07) is 0. The van der Waals surface area contributed by atoms with Crippen molar-refractivity contribution in [3.63, 3.8) is 0 Å². The van der Waals surface area contributed by atoms with Crippen LogP contribution in [0.25, 0.3) is 10.2 Å². The zero-order valence-corrected chi connectivity index (χ0v) is 7.76. The smallest absolute Gasteiger partial charge is 0.347 e. The first kappa shape index (κ1) is 8.40. The van der Waals surface area contributed by atoms with Gasteiger partial charge < -0.3 is 5.11 Å². The molecule has 2 rings (SSSR count). The van der Waals surface area contributed by atoms with E-state index in [0.29, 0.717) is 10.2 Å². The van der Waals surface area contributed by atoms with E-state index in [1.807, 2.05) is 0 Å². The minimum atomic E-state index is -1.03. The summed E-state index contributed by atoms with van der Waals surface area (Å²) in [5.41, 5.74) is 0. The van der Waals surface area contributed by atoms with Crippen LogP contribution in [0.15, 0.2) is 12.5 Å². The molecule has 0 aromatic carbocycles. The Bertz CT molecular complexity index is 482. The number of carboxylic acid groups (broad SMARTS) is 1. The molecule has 66 valence electrons. The average Bonchev–Trinajstić information content (AvgIpc) is 2.45. The highest BCUT2D eigenvalue weighted by atomic mass is 35.5. The van der Waals surface area contributed by atoms with Gasteiger partial charge in [-0.25, -0.2) is 14.8 Å². The summed E-state index contributed by atoms with van der Waals surface area (Å²) in [4.78, 5) is 19.0. The van der Waals surface area contributed by atoms with Crippen molar-refractivity contribution in [2.45, 2.75) is 0 Å². The Morgan fingerprint density at radius 2 is 2.38 bits per heavy atom. The fraction of sp³-hybridized carbons (Fsp3) is 0. The van der Waals surface area contributed by atoms with Gasteiger partial charge in [-0.3, -0.25) is 0 Å². The zero-order chi connectivity index (χ0) is 9.42. The lowest BCUT2D eigenvalue weighted by molar-refractivity contribution is 0.0702. The molecule has 0 aliphatic rings. The fourth-order valence-corrected chi connectivity index (χ4v) is 2.19. The quantitative estimate of drug-likeness (QED) is 0.789. The molecule has 6 heteroatoms. The number of nitrogens with zero attached hydrogens (tertiary/aromatic N) is 2. The van der Waals surface area contributed by atoms with E-state index in [1.165, 1.54) is 12.5 Å².